The molecule has 0 aromatic heterocycles. The summed E-state index contributed by atoms with van der Waals surface area (Å²) in [6.07, 6.45) is 4.45. The average Bonchev–Trinajstić information content (AvgIpc) is 2.66. The van der Waals surface area contributed by atoms with Crippen LogP contribution in [0.5, 0.6) is 0 Å². The maximum Gasteiger partial charge on any atom is 0.251 e. The third kappa shape index (κ3) is 5.56. The number of aliphatic hydroxyl groups excluding tert-OH is 1. The number of carbonyl (C=O) groups is 2. The summed E-state index contributed by atoms with van der Waals surface area (Å²) in [6.45, 7) is 4.23. The fourth-order valence-electron chi connectivity index (χ4n) is 3.30. The molecule has 0 bridgehead atoms. The molecule has 0 heterocycles. The van der Waals surface area contributed by atoms with Crippen molar-refractivity contribution in [3.05, 3.63) is 35.9 Å². The molecule has 2 rings (SSSR count). The minimum atomic E-state index is -0.534. The van der Waals surface area contributed by atoms with E-state index in [-0.39, 0.29) is 30.4 Å². The van der Waals surface area contributed by atoms with Crippen molar-refractivity contribution in [3.8, 4) is 0 Å². The molecule has 2 amide bonds. The van der Waals surface area contributed by atoms with Crippen LogP contribution in [0.15, 0.2) is 30.3 Å². The minimum Gasteiger partial charge on any atom is -0.396 e. The SMILES string of the molecule is CCC(C)C(NC(=O)c1ccccc1)C(=O)NC1CCC(CO)CC1. The summed E-state index contributed by atoms with van der Waals surface area (Å²) in [5.41, 5.74) is 0.562. The Morgan fingerprint density at radius 2 is 1.80 bits per heavy atom. The number of hydrogen-bond donors (Lipinski definition) is 3. The van der Waals surface area contributed by atoms with Gasteiger partial charge in [0.1, 0.15) is 6.04 Å². The monoisotopic (exact) mass is 346 g/mol. The van der Waals surface area contributed by atoms with Gasteiger partial charge in [-0.05, 0) is 49.7 Å². The maximum atomic E-state index is 12.8. The quantitative estimate of drug-likeness (QED) is 0.710. The average molecular weight is 346 g/mol. The van der Waals surface area contributed by atoms with Crippen LogP contribution in [-0.2, 0) is 4.79 Å². The van der Waals surface area contributed by atoms with E-state index in [4.69, 9.17) is 0 Å². The topological polar surface area (TPSA) is 78.4 Å². The third-order valence-corrected chi connectivity index (χ3v) is 5.27. The van der Waals surface area contributed by atoms with E-state index in [9.17, 15) is 14.7 Å². The molecule has 0 saturated heterocycles. The van der Waals surface area contributed by atoms with E-state index in [2.05, 4.69) is 10.6 Å². The molecule has 1 aromatic rings. The molecule has 25 heavy (non-hydrogen) atoms. The molecule has 0 spiro atoms. The van der Waals surface area contributed by atoms with Crippen LogP contribution in [0, 0.1) is 11.8 Å². The summed E-state index contributed by atoms with van der Waals surface area (Å²) in [7, 11) is 0. The van der Waals surface area contributed by atoms with Gasteiger partial charge in [0.15, 0.2) is 0 Å². The number of benzene rings is 1. The molecule has 138 valence electrons. The maximum absolute atomic E-state index is 12.8. The Balaban J connectivity index is 1.97. The highest BCUT2D eigenvalue weighted by molar-refractivity contribution is 5.97. The Bertz CT molecular complexity index is 553. The van der Waals surface area contributed by atoms with Crippen molar-refractivity contribution in [2.75, 3.05) is 6.61 Å². The molecular formula is C20H30N2O3. The minimum absolute atomic E-state index is 0.0569. The van der Waals surface area contributed by atoms with Crippen LogP contribution < -0.4 is 10.6 Å². The number of rotatable bonds is 7. The van der Waals surface area contributed by atoms with Crippen LogP contribution >= 0.6 is 0 Å². The van der Waals surface area contributed by atoms with Crippen LogP contribution in [0.1, 0.15) is 56.3 Å². The van der Waals surface area contributed by atoms with Gasteiger partial charge in [0.25, 0.3) is 5.91 Å². The van der Waals surface area contributed by atoms with Gasteiger partial charge in [0.2, 0.25) is 5.91 Å². The fraction of sp³-hybridized carbons (Fsp3) is 0.600. The van der Waals surface area contributed by atoms with E-state index in [1.807, 2.05) is 32.0 Å². The van der Waals surface area contributed by atoms with Crippen molar-refractivity contribution in [1.29, 1.82) is 0 Å². The predicted octanol–water partition coefficient (Wildman–Crippen LogP) is 2.50. The molecule has 1 fully saturated rings. The molecule has 5 heteroatoms. The molecule has 5 nitrogen and oxygen atoms in total. The smallest absolute Gasteiger partial charge is 0.251 e. The van der Waals surface area contributed by atoms with E-state index in [1.165, 1.54) is 0 Å². The van der Waals surface area contributed by atoms with E-state index < -0.39 is 6.04 Å². The molecule has 1 aromatic carbocycles. The highest BCUT2D eigenvalue weighted by Crippen LogP contribution is 2.24. The second-order valence-electron chi connectivity index (χ2n) is 7.11. The van der Waals surface area contributed by atoms with Crippen molar-refractivity contribution < 1.29 is 14.7 Å². The zero-order valence-corrected chi connectivity index (χ0v) is 15.2. The third-order valence-electron chi connectivity index (χ3n) is 5.27. The van der Waals surface area contributed by atoms with Gasteiger partial charge in [-0.2, -0.15) is 0 Å². The molecule has 1 saturated carbocycles. The lowest BCUT2D eigenvalue weighted by Crippen LogP contribution is -2.53. The van der Waals surface area contributed by atoms with Gasteiger partial charge in [-0.3, -0.25) is 9.59 Å². The van der Waals surface area contributed by atoms with Crippen LogP contribution in [-0.4, -0.2) is 35.6 Å². The number of amides is 2. The summed E-state index contributed by atoms with van der Waals surface area (Å²) in [6, 6.07) is 8.58. The lowest BCUT2D eigenvalue weighted by molar-refractivity contribution is -0.125. The second-order valence-corrected chi connectivity index (χ2v) is 7.11. The van der Waals surface area contributed by atoms with Gasteiger partial charge in [-0.15, -0.1) is 0 Å². The van der Waals surface area contributed by atoms with Gasteiger partial charge in [-0.1, -0.05) is 38.5 Å². The van der Waals surface area contributed by atoms with Gasteiger partial charge < -0.3 is 15.7 Å². The fourth-order valence-corrected chi connectivity index (χ4v) is 3.30. The largest absolute Gasteiger partial charge is 0.396 e. The molecular weight excluding hydrogens is 316 g/mol. The summed E-state index contributed by atoms with van der Waals surface area (Å²) in [4.78, 5) is 25.2. The first-order valence-electron chi connectivity index (χ1n) is 9.32. The Hall–Kier alpha value is -1.88. The number of nitrogens with one attached hydrogen (secondary N) is 2. The van der Waals surface area contributed by atoms with Crippen molar-refractivity contribution in [1.82, 2.24) is 10.6 Å². The van der Waals surface area contributed by atoms with Crippen molar-refractivity contribution in [3.63, 3.8) is 0 Å². The van der Waals surface area contributed by atoms with Crippen LogP contribution in [0.2, 0.25) is 0 Å². The van der Waals surface area contributed by atoms with Gasteiger partial charge in [0.05, 0.1) is 0 Å². The highest BCUT2D eigenvalue weighted by Gasteiger charge is 2.29. The van der Waals surface area contributed by atoms with Crippen molar-refractivity contribution in [2.24, 2.45) is 11.8 Å². The lowest BCUT2D eigenvalue weighted by atomic mass is 9.86. The molecule has 2 unspecified atom stereocenters. The molecule has 2 atom stereocenters. The molecule has 1 aliphatic rings. The number of hydrogen-bond acceptors (Lipinski definition) is 3. The normalized spacial score (nSPS) is 22.7. The molecule has 0 radical (unpaired) electrons. The predicted molar refractivity (Wildman–Crippen MR) is 98.1 cm³/mol. The molecule has 0 aliphatic heterocycles. The first kappa shape index (κ1) is 19.4. The second kappa shape index (κ2) is 9.56. The summed E-state index contributed by atoms with van der Waals surface area (Å²) in [5.74, 6) is 0.0915. The Labute approximate surface area is 150 Å². The molecule has 1 aliphatic carbocycles. The Kier molecular flexibility index (Phi) is 7.44. The van der Waals surface area contributed by atoms with E-state index >= 15 is 0 Å². The first-order chi connectivity index (χ1) is 12.0. The van der Waals surface area contributed by atoms with Crippen LogP contribution in [0.25, 0.3) is 0 Å². The van der Waals surface area contributed by atoms with E-state index in [1.54, 1.807) is 12.1 Å². The summed E-state index contributed by atoms with van der Waals surface area (Å²) >= 11 is 0. The van der Waals surface area contributed by atoms with E-state index in [0.29, 0.717) is 11.5 Å². The highest BCUT2D eigenvalue weighted by atomic mass is 16.3. The van der Waals surface area contributed by atoms with E-state index in [0.717, 1.165) is 32.1 Å². The van der Waals surface area contributed by atoms with Crippen LogP contribution in [0.4, 0.5) is 0 Å². The van der Waals surface area contributed by atoms with Crippen molar-refractivity contribution >= 4 is 11.8 Å². The lowest BCUT2D eigenvalue weighted by Gasteiger charge is -2.31. The number of carbonyl (C=O) groups excluding carboxylic acids is 2. The molecule has 3 N–H and O–H groups in total. The summed E-state index contributed by atoms with van der Waals surface area (Å²) < 4.78 is 0. The van der Waals surface area contributed by atoms with Gasteiger partial charge >= 0.3 is 0 Å². The standard InChI is InChI=1S/C20H30N2O3/c1-3-14(2)18(22-19(24)16-7-5-4-6-8-16)20(25)21-17-11-9-15(13-23)10-12-17/h4-8,14-15,17-18,23H,3,9-13H2,1-2H3,(H,21,25)(H,22,24). The van der Waals surface area contributed by atoms with Gasteiger partial charge in [0, 0.05) is 18.2 Å². The zero-order valence-electron chi connectivity index (χ0n) is 15.2. The Morgan fingerprint density at radius 3 is 2.36 bits per heavy atom. The zero-order chi connectivity index (χ0) is 18.2. The van der Waals surface area contributed by atoms with Gasteiger partial charge in [-0.25, -0.2) is 0 Å². The van der Waals surface area contributed by atoms with Crippen LogP contribution in [0.3, 0.4) is 0 Å². The summed E-state index contributed by atoms with van der Waals surface area (Å²) in [5, 5.41) is 15.2. The first-order valence-corrected chi connectivity index (χ1v) is 9.32. The Morgan fingerprint density at radius 1 is 1.16 bits per heavy atom. The number of aliphatic hydroxyl groups is 1. The van der Waals surface area contributed by atoms with Crippen molar-refractivity contribution in [2.45, 2.75) is 58.0 Å².